The molecular weight excluding hydrogens is 404 g/mol. The van der Waals surface area contributed by atoms with Gasteiger partial charge in [-0.25, -0.2) is 0 Å². The topological polar surface area (TPSA) is 98.0 Å². The zero-order chi connectivity index (χ0) is 23.4. The van der Waals surface area contributed by atoms with Crippen LogP contribution in [-0.4, -0.2) is 44.7 Å². The van der Waals surface area contributed by atoms with Gasteiger partial charge in [0.25, 0.3) is 0 Å². The van der Waals surface area contributed by atoms with Gasteiger partial charge in [-0.3, -0.25) is 4.79 Å². The van der Waals surface area contributed by atoms with Crippen molar-refractivity contribution in [3.8, 4) is 0 Å². The van der Waals surface area contributed by atoms with Crippen molar-refractivity contribution in [2.24, 2.45) is 52.3 Å². The molecule has 4 fully saturated rings. The number of carboxylic acids is 1. The van der Waals surface area contributed by atoms with Crippen LogP contribution in [0, 0.1) is 52.3 Å². The molecule has 4 N–H and O–H groups in total. The van der Waals surface area contributed by atoms with E-state index in [1.54, 1.807) is 6.92 Å². The third-order valence-electron chi connectivity index (χ3n) is 11.2. The van der Waals surface area contributed by atoms with Gasteiger partial charge in [-0.2, -0.15) is 0 Å². The van der Waals surface area contributed by atoms with Crippen LogP contribution in [0.25, 0.3) is 0 Å². The number of rotatable bonds is 6. The Morgan fingerprint density at radius 2 is 1.69 bits per heavy atom. The zero-order valence-corrected chi connectivity index (χ0v) is 20.5. The molecule has 0 aromatic heterocycles. The summed E-state index contributed by atoms with van der Waals surface area (Å²) in [5.74, 6) is 1.16. The van der Waals surface area contributed by atoms with E-state index in [2.05, 4.69) is 20.8 Å². The fourth-order valence-corrected chi connectivity index (χ4v) is 9.20. The van der Waals surface area contributed by atoms with Crippen molar-refractivity contribution in [3.05, 3.63) is 0 Å². The molecule has 4 aliphatic carbocycles. The van der Waals surface area contributed by atoms with Crippen molar-refractivity contribution in [3.63, 3.8) is 0 Å². The first-order chi connectivity index (χ1) is 15.0. The van der Waals surface area contributed by atoms with Crippen molar-refractivity contribution in [1.29, 1.82) is 0 Å². The summed E-state index contributed by atoms with van der Waals surface area (Å²) in [6.07, 6.45) is 8.11. The highest BCUT2D eigenvalue weighted by atomic mass is 16.4. The van der Waals surface area contributed by atoms with Crippen LogP contribution in [0.15, 0.2) is 0 Å². The maximum absolute atomic E-state index is 11.6. The molecule has 9 unspecified atom stereocenters. The number of fused-ring (bicyclic) bond motifs is 5. The molecule has 12 atom stereocenters. The minimum Gasteiger partial charge on any atom is -0.481 e. The molecule has 0 aliphatic heterocycles. The molecule has 4 rings (SSSR count). The van der Waals surface area contributed by atoms with Gasteiger partial charge in [0.15, 0.2) is 0 Å². The fraction of sp³-hybridized carbons (Fsp3) is 0.963. The van der Waals surface area contributed by atoms with E-state index in [0.717, 1.165) is 57.8 Å². The van der Waals surface area contributed by atoms with Crippen molar-refractivity contribution in [1.82, 2.24) is 0 Å². The highest BCUT2D eigenvalue weighted by Gasteiger charge is 2.65. The molecule has 0 amide bonds. The lowest BCUT2D eigenvalue weighted by molar-refractivity contribution is -0.207. The first kappa shape index (κ1) is 24.5. The lowest BCUT2D eigenvalue weighted by atomic mass is 9.43. The third-order valence-corrected chi connectivity index (χ3v) is 11.2. The number of aliphatic hydroxyl groups excluding tert-OH is 3. The summed E-state index contributed by atoms with van der Waals surface area (Å²) in [5.41, 5.74) is -0.0561. The number of hydrogen-bond acceptors (Lipinski definition) is 4. The van der Waals surface area contributed by atoms with Crippen molar-refractivity contribution in [2.45, 2.75) is 110 Å². The Bertz CT molecular complexity index is 696. The van der Waals surface area contributed by atoms with Crippen LogP contribution in [0.1, 0.15) is 91.9 Å². The van der Waals surface area contributed by atoms with Crippen molar-refractivity contribution < 1.29 is 25.2 Å². The second-order valence-corrected chi connectivity index (χ2v) is 12.7. The second-order valence-electron chi connectivity index (χ2n) is 12.7. The molecule has 0 saturated heterocycles. The smallest absolute Gasteiger partial charge is 0.306 e. The predicted molar refractivity (Wildman–Crippen MR) is 124 cm³/mol. The van der Waals surface area contributed by atoms with Gasteiger partial charge in [-0.1, -0.05) is 40.5 Å². The largest absolute Gasteiger partial charge is 0.481 e. The third kappa shape index (κ3) is 3.84. The SMILES string of the molecule is CC(CCCC(C)C1CCC2C3C(O)C[C@@H]4CC(O)CC[C@]4(C)C3CC(O)[C@]12C)C(=O)O. The van der Waals surface area contributed by atoms with E-state index >= 15 is 0 Å². The molecule has 0 bridgehead atoms. The first-order valence-corrected chi connectivity index (χ1v) is 13.3. The Kier molecular flexibility index (Phi) is 6.77. The van der Waals surface area contributed by atoms with E-state index in [-0.39, 0.29) is 41.0 Å². The first-order valence-electron chi connectivity index (χ1n) is 13.3. The number of aliphatic carboxylic acids is 1. The molecule has 32 heavy (non-hydrogen) atoms. The molecule has 0 heterocycles. The summed E-state index contributed by atoms with van der Waals surface area (Å²) in [4.78, 5) is 11.2. The van der Waals surface area contributed by atoms with Crippen LogP contribution in [0.2, 0.25) is 0 Å². The Hall–Kier alpha value is -0.650. The average Bonchev–Trinajstić information content (AvgIpc) is 3.08. The van der Waals surface area contributed by atoms with Crippen LogP contribution >= 0.6 is 0 Å². The van der Waals surface area contributed by atoms with Gasteiger partial charge in [-0.05, 0) is 97.7 Å². The molecule has 0 spiro atoms. The number of hydrogen-bond donors (Lipinski definition) is 4. The van der Waals surface area contributed by atoms with E-state index in [1.807, 2.05) is 0 Å². The minimum atomic E-state index is -0.715. The molecule has 0 aromatic rings. The summed E-state index contributed by atoms with van der Waals surface area (Å²) < 4.78 is 0. The van der Waals surface area contributed by atoms with Gasteiger partial charge in [0.05, 0.1) is 24.2 Å². The van der Waals surface area contributed by atoms with E-state index < -0.39 is 5.97 Å². The average molecular weight is 451 g/mol. The van der Waals surface area contributed by atoms with Gasteiger partial charge >= 0.3 is 5.97 Å². The lowest BCUT2D eigenvalue weighted by Gasteiger charge is -2.63. The molecule has 5 nitrogen and oxygen atoms in total. The van der Waals surface area contributed by atoms with Crippen LogP contribution in [0.3, 0.4) is 0 Å². The van der Waals surface area contributed by atoms with E-state index in [1.165, 1.54) is 0 Å². The molecule has 184 valence electrons. The van der Waals surface area contributed by atoms with Crippen molar-refractivity contribution in [2.75, 3.05) is 0 Å². The van der Waals surface area contributed by atoms with Gasteiger partial charge in [0.1, 0.15) is 0 Å². The van der Waals surface area contributed by atoms with Gasteiger partial charge in [0, 0.05) is 0 Å². The summed E-state index contributed by atoms with van der Waals surface area (Å²) >= 11 is 0. The number of carboxylic acid groups (broad SMARTS) is 1. The molecule has 5 heteroatoms. The van der Waals surface area contributed by atoms with Crippen LogP contribution in [0.5, 0.6) is 0 Å². The van der Waals surface area contributed by atoms with E-state index in [0.29, 0.717) is 36.0 Å². The lowest BCUT2D eigenvalue weighted by Crippen LogP contribution is -2.62. The minimum absolute atomic E-state index is 0.113. The Morgan fingerprint density at radius 1 is 0.969 bits per heavy atom. The molecule has 0 radical (unpaired) electrons. The highest BCUT2D eigenvalue weighted by Crippen LogP contribution is 2.68. The van der Waals surface area contributed by atoms with Crippen LogP contribution < -0.4 is 0 Å². The van der Waals surface area contributed by atoms with E-state index in [9.17, 15) is 25.2 Å². The Labute approximate surface area is 194 Å². The zero-order valence-electron chi connectivity index (χ0n) is 20.5. The maximum atomic E-state index is 11.6. The molecule has 4 aliphatic rings. The second kappa shape index (κ2) is 8.85. The predicted octanol–water partition coefficient (Wildman–Crippen LogP) is 4.47. The van der Waals surface area contributed by atoms with Crippen LogP contribution in [-0.2, 0) is 4.79 Å². The van der Waals surface area contributed by atoms with E-state index in [4.69, 9.17) is 0 Å². The summed E-state index contributed by atoms with van der Waals surface area (Å²) in [6.45, 7) is 8.74. The summed E-state index contributed by atoms with van der Waals surface area (Å²) in [5, 5.41) is 42.4. The highest BCUT2D eigenvalue weighted by molar-refractivity contribution is 5.69. The van der Waals surface area contributed by atoms with Crippen molar-refractivity contribution >= 4 is 5.97 Å². The van der Waals surface area contributed by atoms with Gasteiger partial charge < -0.3 is 20.4 Å². The Morgan fingerprint density at radius 3 is 2.38 bits per heavy atom. The number of aliphatic hydroxyl groups is 3. The normalized spacial score (nSPS) is 50.1. The van der Waals surface area contributed by atoms with Gasteiger partial charge in [0.2, 0.25) is 0 Å². The number of carbonyl (C=O) groups is 1. The standard InChI is InChI=1S/C27H46O5/c1-15(6-5-7-16(2)25(31)32)19-8-9-20-24-21(14-23(30)27(19,20)4)26(3)11-10-18(28)12-17(26)13-22(24)29/h15-24,28-30H,5-14H2,1-4H3,(H,31,32)/t15?,16?,17-,18?,19?,20?,21?,22?,23?,24?,26-,27+/m0/s1. The Balaban J connectivity index is 1.51. The summed E-state index contributed by atoms with van der Waals surface area (Å²) in [6, 6.07) is 0. The van der Waals surface area contributed by atoms with Gasteiger partial charge in [-0.15, -0.1) is 0 Å². The molecular formula is C27H46O5. The monoisotopic (exact) mass is 450 g/mol. The van der Waals surface area contributed by atoms with Crippen LogP contribution in [0.4, 0.5) is 0 Å². The quantitative estimate of drug-likeness (QED) is 0.478. The summed E-state index contributed by atoms with van der Waals surface area (Å²) in [7, 11) is 0. The molecule has 4 saturated carbocycles. The maximum Gasteiger partial charge on any atom is 0.306 e. The fourth-order valence-electron chi connectivity index (χ4n) is 9.20. The molecule has 0 aromatic carbocycles.